The number of thiocarbonyl (C=S) groups is 1. The number of rotatable bonds is 6. The van der Waals surface area contributed by atoms with E-state index in [1.165, 1.54) is 11.3 Å². The molecule has 0 amide bonds. The maximum absolute atomic E-state index is 12.3. The van der Waals surface area contributed by atoms with E-state index in [0.29, 0.717) is 17.1 Å². The highest BCUT2D eigenvalue weighted by atomic mass is 32.2. The second-order valence-corrected chi connectivity index (χ2v) is 7.76. The Morgan fingerprint density at radius 2 is 2.00 bits per heavy atom. The number of thiophene rings is 1. The van der Waals surface area contributed by atoms with Gasteiger partial charge in [0.25, 0.3) is 10.0 Å². The monoisotopic (exact) mass is 306 g/mol. The lowest BCUT2D eigenvalue weighted by Gasteiger charge is -2.30. The molecule has 0 saturated carbocycles. The molecule has 18 heavy (non-hydrogen) atoms. The summed E-state index contributed by atoms with van der Waals surface area (Å²) in [5.41, 5.74) is 4.85. The van der Waals surface area contributed by atoms with E-state index in [2.05, 4.69) is 4.72 Å². The van der Waals surface area contributed by atoms with Crippen LogP contribution >= 0.6 is 23.6 Å². The first-order chi connectivity index (χ1) is 8.27. The number of sulfonamides is 1. The number of nitrogens with one attached hydrogen (secondary N) is 1. The molecule has 0 bridgehead atoms. The molecule has 7 heteroatoms. The van der Waals surface area contributed by atoms with Gasteiger partial charge in [0.15, 0.2) is 0 Å². The molecule has 1 heterocycles. The number of aryl methyl sites for hydroxylation is 1. The fourth-order valence-corrected chi connectivity index (χ4v) is 4.87. The Hall–Kier alpha value is -0.500. The summed E-state index contributed by atoms with van der Waals surface area (Å²) in [6.45, 7) is 5.60. The third-order valence-electron chi connectivity index (χ3n) is 2.99. The predicted molar refractivity (Wildman–Crippen MR) is 79.5 cm³/mol. The van der Waals surface area contributed by atoms with Crippen molar-refractivity contribution in [1.82, 2.24) is 4.72 Å². The Morgan fingerprint density at radius 3 is 2.33 bits per heavy atom. The second kappa shape index (κ2) is 5.64. The lowest BCUT2D eigenvalue weighted by molar-refractivity contribution is 0.466. The summed E-state index contributed by atoms with van der Waals surface area (Å²) in [5.74, 6) is 0. The highest BCUT2D eigenvalue weighted by molar-refractivity contribution is 7.91. The van der Waals surface area contributed by atoms with Gasteiger partial charge in [-0.05, 0) is 31.9 Å². The Labute approximate surface area is 118 Å². The van der Waals surface area contributed by atoms with E-state index in [9.17, 15) is 8.42 Å². The topological polar surface area (TPSA) is 72.2 Å². The molecule has 4 nitrogen and oxygen atoms in total. The number of hydrogen-bond acceptors (Lipinski definition) is 4. The van der Waals surface area contributed by atoms with Crippen molar-refractivity contribution in [2.45, 2.75) is 43.4 Å². The Bertz CT molecular complexity index is 530. The van der Waals surface area contributed by atoms with Gasteiger partial charge in [-0.3, -0.25) is 0 Å². The van der Waals surface area contributed by atoms with Crippen LogP contribution < -0.4 is 10.5 Å². The first-order valence-electron chi connectivity index (χ1n) is 5.67. The Balaban J connectivity index is 3.11. The zero-order chi connectivity index (χ0) is 14.0. The molecule has 0 aliphatic carbocycles. The Morgan fingerprint density at radius 1 is 1.44 bits per heavy atom. The predicted octanol–water partition coefficient (Wildman–Crippen LogP) is 2.18. The summed E-state index contributed by atoms with van der Waals surface area (Å²) in [7, 11) is -3.57. The first-order valence-corrected chi connectivity index (χ1v) is 8.38. The summed E-state index contributed by atoms with van der Waals surface area (Å²) in [4.78, 5) is 1.13. The SMILES string of the molecule is CCC(CC)(NS(=O)(=O)c1ccc(C)s1)C(N)=S. The summed E-state index contributed by atoms with van der Waals surface area (Å²) in [6.07, 6.45) is 1.06. The summed E-state index contributed by atoms with van der Waals surface area (Å²) >= 11 is 6.24. The molecule has 1 aromatic rings. The van der Waals surface area contributed by atoms with Crippen LogP contribution in [0.4, 0.5) is 0 Å². The maximum Gasteiger partial charge on any atom is 0.250 e. The highest BCUT2D eigenvalue weighted by Gasteiger charge is 2.35. The van der Waals surface area contributed by atoms with Crippen LogP contribution in [0, 0.1) is 6.92 Å². The molecule has 3 N–H and O–H groups in total. The van der Waals surface area contributed by atoms with Gasteiger partial charge in [0.05, 0.1) is 10.5 Å². The van der Waals surface area contributed by atoms with Gasteiger partial charge in [0.2, 0.25) is 0 Å². The second-order valence-electron chi connectivity index (χ2n) is 4.12. The lowest BCUT2D eigenvalue weighted by atomic mass is 9.94. The van der Waals surface area contributed by atoms with Gasteiger partial charge in [-0.2, -0.15) is 4.72 Å². The minimum Gasteiger partial charge on any atom is -0.392 e. The van der Waals surface area contributed by atoms with Gasteiger partial charge < -0.3 is 5.73 Å². The maximum atomic E-state index is 12.3. The van der Waals surface area contributed by atoms with Crippen molar-refractivity contribution in [3.63, 3.8) is 0 Å². The van der Waals surface area contributed by atoms with Crippen molar-refractivity contribution >= 4 is 38.6 Å². The van der Waals surface area contributed by atoms with E-state index in [1.54, 1.807) is 12.1 Å². The summed E-state index contributed by atoms with van der Waals surface area (Å²) in [6, 6.07) is 3.37. The van der Waals surface area contributed by atoms with E-state index in [0.717, 1.165) is 4.88 Å². The van der Waals surface area contributed by atoms with Crippen molar-refractivity contribution in [3.05, 3.63) is 17.0 Å². The quantitative estimate of drug-likeness (QED) is 0.790. The van der Waals surface area contributed by atoms with Crippen molar-refractivity contribution in [1.29, 1.82) is 0 Å². The minimum atomic E-state index is -3.57. The van der Waals surface area contributed by atoms with Gasteiger partial charge in [0.1, 0.15) is 4.21 Å². The molecule has 0 aromatic carbocycles. The molecule has 0 saturated heterocycles. The van der Waals surface area contributed by atoms with Crippen LogP contribution in [0.1, 0.15) is 31.6 Å². The molecule has 0 radical (unpaired) electrons. The third kappa shape index (κ3) is 3.09. The van der Waals surface area contributed by atoms with E-state index >= 15 is 0 Å². The molecule has 0 unspecified atom stereocenters. The minimum absolute atomic E-state index is 0.185. The molecule has 0 aliphatic heterocycles. The molecule has 0 atom stereocenters. The lowest BCUT2D eigenvalue weighted by Crippen LogP contribution is -2.55. The zero-order valence-corrected chi connectivity index (χ0v) is 13.1. The van der Waals surface area contributed by atoms with Crippen LogP contribution in [0.2, 0.25) is 0 Å². The van der Waals surface area contributed by atoms with Crippen LogP contribution in [-0.4, -0.2) is 18.9 Å². The third-order valence-corrected chi connectivity index (χ3v) is 6.41. The van der Waals surface area contributed by atoms with Crippen molar-refractivity contribution in [2.24, 2.45) is 5.73 Å². The van der Waals surface area contributed by atoms with Crippen LogP contribution in [0.25, 0.3) is 0 Å². The van der Waals surface area contributed by atoms with E-state index in [4.69, 9.17) is 18.0 Å². The van der Waals surface area contributed by atoms with Crippen molar-refractivity contribution in [2.75, 3.05) is 0 Å². The van der Waals surface area contributed by atoms with Crippen LogP contribution in [-0.2, 0) is 10.0 Å². The van der Waals surface area contributed by atoms with Gasteiger partial charge in [-0.25, -0.2) is 8.42 Å². The van der Waals surface area contributed by atoms with Gasteiger partial charge in [-0.15, -0.1) is 11.3 Å². The largest absolute Gasteiger partial charge is 0.392 e. The van der Waals surface area contributed by atoms with Crippen LogP contribution in [0.5, 0.6) is 0 Å². The normalized spacial score (nSPS) is 12.6. The van der Waals surface area contributed by atoms with Crippen molar-refractivity contribution < 1.29 is 8.42 Å². The molecular weight excluding hydrogens is 288 g/mol. The summed E-state index contributed by atoms with van der Waals surface area (Å²) in [5, 5.41) is 0. The average molecular weight is 306 g/mol. The van der Waals surface area contributed by atoms with Gasteiger partial charge >= 0.3 is 0 Å². The van der Waals surface area contributed by atoms with Crippen LogP contribution in [0.15, 0.2) is 16.3 Å². The standard InChI is InChI=1S/C11H18N2O2S3/c1-4-11(5-2,10(12)16)13-18(14,15)9-7-6-8(3)17-9/h6-7,13H,4-5H2,1-3H3,(H2,12,16). The van der Waals surface area contributed by atoms with Gasteiger partial charge in [-0.1, -0.05) is 26.1 Å². The smallest absolute Gasteiger partial charge is 0.250 e. The summed E-state index contributed by atoms with van der Waals surface area (Å²) < 4.78 is 27.5. The Kier molecular flexibility index (Phi) is 4.88. The van der Waals surface area contributed by atoms with Gasteiger partial charge in [0, 0.05) is 4.88 Å². The molecule has 0 fully saturated rings. The first kappa shape index (κ1) is 15.6. The molecular formula is C11H18N2O2S3. The molecule has 0 aliphatic rings. The zero-order valence-electron chi connectivity index (χ0n) is 10.7. The number of nitrogens with two attached hydrogens (primary N) is 1. The molecule has 0 spiro atoms. The van der Waals surface area contributed by atoms with Crippen molar-refractivity contribution in [3.8, 4) is 0 Å². The fraction of sp³-hybridized carbons (Fsp3) is 0.545. The molecule has 102 valence electrons. The average Bonchev–Trinajstić information content (AvgIpc) is 2.73. The fourth-order valence-electron chi connectivity index (χ4n) is 1.66. The number of hydrogen-bond donors (Lipinski definition) is 2. The van der Waals surface area contributed by atoms with E-state index in [-0.39, 0.29) is 4.99 Å². The highest BCUT2D eigenvalue weighted by Crippen LogP contribution is 2.24. The molecule has 1 rings (SSSR count). The van der Waals surface area contributed by atoms with Crippen LogP contribution in [0.3, 0.4) is 0 Å². The van der Waals surface area contributed by atoms with E-state index in [1.807, 2.05) is 20.8 Å². The molecule has 1 aromatic heterocycles. The van der Waals surface area contributed by atoms with E-state index < -0.39 is 15.6 Å².